The minimum atomic E-state index is -3.16. The number of hydrogen-bond acceptors (Lipinski definition) is 4. The van der Waals surface area contributed by atoms with E-state index in [1.165, 1.54) is 11.8 Å². The molecule has 6 nitrogen and oxygen atoms in total. The Kier molecular flexibility index (Phi) is 5.24. The molecule has 2 aromatic rings. The van der Waals surface area contributed by atoms with Crippen molar-refractivity contribution < 1.29 is 8.42 Å². The van der Waals surface area contributed by atoms with Crippen LogP contribution in [0.2, 0.25) is 5.02 Å². The van der Waals surface area contributed by atoms with Gasteiger partial charge in [0.25, 0.3) is 0 Å². The molecular formula is C16H21ClN4O2S. The van der Waals surface area contributed by atoms with Crippen molar-refractivity contribution in [2.75, 3.05) is 19.3 Å². The molecule has 0 bridgehead atoms. The van der Waals surface area contributed by atoms with Crippen molar-refractivity contribution in [3.05, 3.63) is 52.8 Å². The third-order valence-corrected chi connectivity index (χ3v) is 5.09. The number of nitrogens with zero attached hydrogens (tertiary/aromatic N) is 3. The molecule has 0 radical (unpaired) electrons. The van der Waals surface area contributed by atoms with E-state index < -0.39 is 10.0 Å². The van der Waals surface area contributed by atoms with Crippen LogP contribution in [-0.4, -0.2) is 42.4 Å². The van der Waals surface area contributed by atoms with Gasteiger partial charge in [-0.25, -0.2) is 13.1 Å². The summed E-state index contributed by atoms with van der Waals surface area (Å²) in [5.41, 5.74) is 2.36. The lowest BCUT2D eigenvalue weighted by Gasteiger charge is -2.34. The van der Waals surface area contributed by atoms with Crippen molar-refractivity contribution >= 4 is 21.6 Å². The zero-order valence-corrected chi connectivity index (χ0v) is 15.1. The Balaban J connectivity index is 1.67. The maximum atomic E-state index is 11.2. The van der Waals surface area contributed by atoms with Gasteiger partial charge in [0.2, 0.25) is 10.0 Å². The maximum absolute atomic E-state index is 11.2. The molecule has 1 N–H and O–H groups in total. The molecule has 130 valence electrons. The first kappa shape index (κ1) is 17.4. The third-order valence-electron chi connectivity index (χ3n) is 4.11. The molecule has 3 rings (SSSR count). The van der Waals surface area contributed by atoms with Gasteiger partial charge in [0.15, 0.2) is 0 Å². The predicted molar refractivity (Wildman–Crippen MR) is 94.3 cm³/mol. The number of nitrogens with one attached hydrogen (secondary N) is 1. The van der Waals surface area contributed by atoms with Crippen molar-refractivity contribution in [2.24, 2.45) is 0 Å². The molecule has 0 spiro atoms. The molecule has 1 atom stereocenters. The fourth-order valence-corrected chi connectivity index (χ4v) is 3.67. The van der Waals surface area contributed by atoms with Gasteiger partial charge in [-0.05, 0) is 30.2 Å². The second-order valence-electron chi connectivity index (χ2n) is 6.17. The predicted octanol–water partition coefficient (Wildman–Crippen LogP) is 2.03. The molecule has 0 unspecified atom stereocenters. The molecule has 24 heavy (non-hydrogen) atoms. The average Bonchev–Trinajstić information content (AvgIpc) is 2.97. The number of benzene rings is 1. The first-order valence-corrected chi connectivity index (χ1v) is 10.1. The quantitative estimate of drug-likeness (QED) is 0.847. The Hall–Kier alpha value is -1.41. The molecule has 0 amide bonds. The van der Waals surface area contributed by atoms with Crippen LogP contribution in [0.1, 0.15) is 23.7 Å². The van der Waals surface area contributed by atoms with Gasteiger partial charge in [0, 0.05) is 37.4 Å². The summed E-state index contributed by atoms with van der Waals surface area (Å²) in [5, 5.41) is 5.14. The largest absolute Gasteiger partial charge is 0.291 e. The van der Waals surface area contributed by atoms with E-state index in [1.54, 1.807) is 6.20 Å². The van der Waals surface area contributed by atoms with Crippen LogP contribution in [0.3, 0.4) is 0 Å². The van der Waals surface area contributed by atoms with E-state index in [0.29, 0.717) is 13.0 Å². The first-order chi connectivity index (χ1) is 11.4. The molecule has 1 aromatic heterocycles. The molecule has 1 aliphatic rings. The van der Waals surface area contributed by atoms with Gasteiger partial charge in [-0.1, -0.05) is 23.7 Å². The van der Waals surface area contributed by atoms with Crippen molar-refractivity contribution in [2.45, 2.75) is 25.6 Å². The Bertz CT molecular complexity index is 789. The van der Waals surface area contributed by atoms with Crippen molar-refractivity contribution in [3.63, 3.8) is 0 Å². The molecule has 0 saturated heterocycles. The Morgan fingerprint density at radius 1 is 1.29 bits per heavy atom. The van der Waals surface area contributed by atoms with E-state index in [0.717, 1.165) is 30.4 Å². The highest BCUT2D eigenvalue weighted by Crippen LogP contribution is 2.24. The zero-order valence-electron chi connectivity index (χ0n) is 13.5. The summed E-state index contributed by atoms with van der Waals surface area (Å²) in [7, 11) is -3.16. The van der Waals surface area contributed by atoms with E-state index in [4.69, 9.17) is 11.6 Å². The number of aromatic nitrogens is 2. The molecule has 1 aliphatic heterocycles. The van der Waals surface area contributed by atoms with Gasteiger partial charge < -0.3 is 0 Å². The Morgan fingerprint density at radius 2 is 2.04 bits per heavy atom. The summed E-state index contributed by atoms with van der Waals surface area (Å²) in [5.74, 6) is 0. The highest BCUT2D eigenvalue weighted by Gasteiger charge is 2.25. The van der Waals surface area contributed by atoms with Crippen molar-refractivity contribution in [3.8, 4) is 0 Å². The Labute approximate surface area is 147 Å². The lowest BCUT2D eigenvalue weighted by atomic mass is 10.1. The summed E-state index contributed by atoms with van der Waals surface area (Å²) >= 11 is 5.94. The highest BCUT2D eigenvalue weighted by molar-refractivity contribution is 7.88. The van der Waals surface area contributed by atoms with E-state index >= 15 is 0 Å². The van der Waals surface area contributed by atoms with Gasteiger partial charge in [0.1, 0.15) is 0 Å². The maximum Gasteiger partial charge on any atom is 0.208 e. The van der Waals surface area contributed by atoms with E-state index in [9.17, 15) is 8.42 Å². The van der Waals surface area contributed by atoms with Crippen LogP contribution < -0.4 is 4.72 Å². The Morgan fingerprint density at radius 3 is 2.75 bits per heavy atom. The van der Waals surface area contributed by atoms with E-state index in [1.807, 2.05) is 35.0 Å². The number of halogens is 1. The number of hydrogen-bond donors (Lipinski definition) is 1. The lowest BCUT2D eigenvalue weighted by Crippen LogP contribution is -2.38. The fraction of sp³-hybridized carbons (Fsp3) is 0.438. The molecule has 0 fully saturated rings. The minimum Gasteiger partial charge on any atom is -0.291 e. The van der Waals surface area contributed by atoms with Crippen molar-refractivity contribution in [1.82, 2.24) is 19.4 Å². The SMILES string of the molecule is CS(=O)(=O)NCC[C@@H]1CN(Cc2ccc(Cl)cc2)Cc2ccnn21. The normalized spacial score (nSPS) is 18.5. The molecular weight excluding hydrogens is 348 g/mol. The fourth-order valence-electron chi connectivity index (χ4n) is 3.06. The third kappa shape index (κ3) is 4.57. The summed E-state index contributed by atoms with van der Waals surface area (Å²) in [4.78, 5) is 2.35. The van der Waals surface area contributed by atoms with E-state index in [2.05, 4.69) is 14.7 Å². The van der Waals surface area contributed by atoms with Gasteiger partial charge in [0.05, 0.1) is 18.0 Å². The van der Waals surface area contributed by atoms with Crippen LogP contribution in [0.15, 0.2) is 36.5 Å². The molecule has 8 heteroatoms. The summed E-state index contributed by atoms with van der Waals surface area (Å²) in [6, 6.07) is 10.1. The van der Waals surface area contributed by atoms with Gasteiger partial charge in [-0.3, -0.25) is 9.58 Å². The standard InChI is InChI=1S/C16H21ClN4O2S/c1-24(22,23)19-9-7-16-12-20(11-15-6-8-18-21(15)16)10-13-2-4-14(17)5-3-13/h2-6,8,16,19H,7,9-12H2,1H3/t16-/m1/s1. The van der Waals surface area contributed by atoms with Gasteiger partial charge in [-0.2, -0.15) is 5.10 Å². The average molecular weight is 369 g/mol. The zero-order chi connectivity index (χ0) is 17.2. The molecule has 1 aromatic carbocycles. The van der Waals surface area contributed by atoms with Crippen LogP contribution in [0.25, 0.3) is 0 Å². The second kappa shape index (κ2) is 7.23. The van der Waals surface area contributed by atoms with Gasteiger partial charge >= 0.3 is 0 Å². The highest BCUT2D eigenvalue weighted by atomic mass is 35.5. The van der Waals surface area contributed by atoms with Crippen molar-refractivity contribution in [1.29, 1.82) is 0 Å². The van der Waals surface area contributed by atoms with Crippen LogP contribution in [-0.2, 0) is 23.1 Å². The smallest absolute Gasteiger partial charge is 0.208 e. The number of rotatable bonds is 6. The summed E-state index contributed by atoms with van der Waals surface area (Å²) in [6.45, 7) is 2.91. The molecule has 0 aliphatic carbocycles. The number of fused-ring (bicyclic) bond motifs is 1. The topological polar surface area (TPSA) is 67.2 Å². The number of sulfonamides is 1. The lowest BCUT2D eigenvalue weighted by molar-refractivity contribution is 0.162. The monoisotopic (exact) mass is 368 g/mol. The summed E-state index contributed by atoms with van der Waals surface area (Å²) in [6.07, 6.45) is 3.69. The summed E-state index contributed by atoms with van der Waals surface area (Å²) < 4.78 is 27.1. The van der Waals surface area contributed by atoms with Crippen LogP contribution >= 0.6 is 11.6 Å². The van der Waals surface area contributed by atoms with E-state index in [-0.39, 0.29) is 6.04 Å². The van der Waals surface area contributed by atoms with Crippen LogP contribution in [0, 0.1) is 0 Å². The first-order valence-electron chi connectivity index (χ1n) is 7.84. The second-order valence-corrected chi connectivity index (χ2v) is 8.44. The van der Waals surface area contributed by atoms with Gasteiger partial charge in [-0.15, -0.1) is 0 Å². The molecule has 0 saturated carbocycles. The van der Waals surface area contributed by atoms with Crippen LogP contribution in [0.4, 0.5) is 0 Å². The van der Waals surface area contributed by atoms with Crippen LogP contribution in [0.5, 0.6) is 0 Å². The minimum absolute atomic E-state index is 0.158. The molecule has 2 heterocycles.